The van der Waals surface area contributed by atoms with E-state index in [1.807, 2.05) is 36.4 Å². The fourth-order valence-electron chi connectivity index (χ4n) is 2.24. The minimum Gasteiger partial charge on any atom is -0.490 e. The van der Waals surface area contributed by atoms with Crippen LogP contribution in [-0.2, 0) is 5.41 Å². The van der Waals surface area contributed by atoms with E-state index in [-0.39, 0.29) is 5.41 Å². The van der Waals surface area contributed by atoms with Crippen molar-refractivity contribution in [3.63, 3.8) is 0 Å². The van der Waals surface area contributed by atoms with Gasteiger partial charge in [-0.25, -0.2) is 0 Å². The second-order valence-electron chi connectivity index (χ2n) is 6.27. The van der Waals surface area contributed by atoms with Crippen molar-refractivity contribution < 1.29 is 14.7 Å². The van der Waals surface area contributed by atoms with Gasteiger partial charge in [0, 0.05) is 0 Å². The van der Waals surface area contributed by atoms with Crippen LogP contribution in [0.25, 0.3) is 0 Å². The Morgan fingerprint density at radius 1 is 0.917 bits per heavy atom. The van der Waals surface area contributed by atoms with Crippen LogP contribution >= 0.6 is 0 Å². The Balaban J connectivity index is 1.78. The molecule has 0 aromatic heterocycles. The van der Waals surface area contributed by atoms with Crippen molar-refractivity contribution in [2.75, 3.05) is 13.2 Å². The Morgan fingerprint density at radius 2 is 1.42 bits per heavy atom. The molecule has 0 amide bonds. The molecule has 0 saturated heterocycles. The minimum absolute atomic E-state index is 0.189. The van der Waals surface area contributed by atoms with Crippen LogP contribution in [0.5, 0.6) is 11.5 Å². The zero-order chi connectivity index (χ0) is 17.4. The van der Waals surface area contributed by atoms with E-state index in [2.05, 4.69) is 38.1 Å². The third-order valence-corrected chi connectivity index (χ3v) is 4.23. The Hall–Kier alpha value is -2.49. The van der Waals surface area contributed by atoms with Gasteiger partial charge >= 0.3 is 0 Å². The Bertz CT molecular complexity index is 646. The third-order valence-electron chi connectivity index (χ3n) is 4.23. The van der Waals surface area contributed by atoms with Gasteiger partial charge < -0.3 is 14.7 Å². The molecule has 0 bridgehead atoms. The molecule has 0 unspecified atom stereocenters. The number of oxime groups is 1. The fourth-order valence-corrected chi connectivity index (χ4v) is 2.24. The van der Waals surface area contributed by atoms with E-state index in [9.17, 15) is 0 Å². The van der Waals surface area contributed by atoms with Crippen LogP contribution < -0.4 is 9.47 Å². The van der Waals surface area contributed by atoms with Crippen LogP contribution in [0.1, 0.15) is 38.3 Å². The van der Waals surface area contributed by atoms with E-state index >= 15 is 0 Å². The van der Waals surface area contributed by atoms with Crippen molar-refractivity contribution in [1.29, 1.82) is 0 Å². The van der Waals surface area contributed by atoms with E-state index in [1.54, 1.807) is 0 Å². The first-order valence-electron chi connectivity index (χ1n) is 8.19. The summed E-state index contributed by atoms with van der Waals surface area (Å²) in [5.41, 5.74) is 2.32. The van der Waals surface area contributed by atoms with E-state index in [0.29, 0.717) is 13.2 Å². The topological polar surface area (TPSA) is 51.0 Å². The van der Waals surface area contributed by atoms with E-state index in [4.69, 9.17) is 14.7 Å². The normalized spacial score (nSPS) is 11.6. The maximum atomic E-state index is 8.47. The highest BCUT2D eigenvalue weighted by Crippen LogP contribution is 2.28. The second-order valence-corrected chi connectivity index (χ2v) is 6.27. The molecule has 0 saturated carbocycles. The summed E-state index contributed by atoms with van der Waals surface area (Å²) < 4.78 is 11.3. The zero-order valence-corrected chi connectivity index (χ0v) is 14.5. The minimum atomic E-state index is 0.189. The lowest BCUT2D eigenvalue weighted by atomic mass is 9.82. The summed E-state index contributed by atoms with van der Waals surface area (Å²) in [6.07, 6.45) is 2.47. The van der Waals surface area contributed by atoms with Crippen molar-refractivity contribution in [3.05, 3.63) is 59.7 Å². The smallest absolute Gasteiger partial charge is 0.122 e. The van der Waals surface area contributed by atoms with Gasteiger partial charge in [-0.2, -0.15) is 0 Å². The molecule has 0 aliphatic rings. The number of benzene rings is 2. The second kappa shape index (κ2) is 8.39. The van der Waals surface area contributed by atoms with Crippen molar-refractivity contribution in [2.24, 2.45) is 5.16 Å². The molecular formula is C20H25NO3. The summed E-state index contributed by atoms with van der Waals surface area (Å²) in [6, 6.07) is 15.6. The molecule has 1 N–H and O–H groups in total. The molecule has 4 nitrogen and oxygen atoms in total. The Morgan fingerprint density at radius 3 is 1.88 bits per heavy atom. The molecular weight excluding hydrogens is 302 g/mol. The van der Waals surface area contributed by atoms with Crippen LogP contribution in [0.15, 0.2) is 53.7 Å². The predicted octanol–water partition coefficient (Wildman–Crippen LogP) is 4.64. The van der Waals surface area contributed by atoms with E-state index < -0.39 is 0 Å². The molecule has 0 atom stereocenters. The number of hydrogen-bond donors (Lipinski definition) is 1. The van der Waals surface area contributed by atoms with Crippen LogP contribution in [0.3, 0.4) is 0 Å². The van der Waals surface area contributed by atoms with Crippen LogP contribution in [-0.4, -0.2) is 24.6 Å². The highest BCUT2D eigenvalue weighted by atomic mass is 16.5. The Kier molecular flexibility index (Phi) is 6.24. The molecule has 24 heavy (non-hydrogen) atoms. The maximum Gasteiger partial charge on any atom is 0.122 e. The molecule has 0 aliphatic heterocycles. The highest BCUT2D eigenvalue weighted by Gasteiger charge is 2.17. The summed E-state index contributed by atoms with van der Waals surface area (Å²) in [7, 11) is 0. The first kappa shape index (κ1) is 17.9. The third kappa shape index (κ3) is 5.01. The van der Waals surface area contributed by atoms with Crippen molar-refractivity contribution in [3.8, 4) is 11.5 Å². The lowest BCUT2D eigenvalue weighted by Gasteiger charge is -2.23. The molecule has 0 radical (unpaired) electrons. The molecule has 2 rings (SSSR count). The van der Waals surface area contributed by atoms with Gasteiger partial charge in [0.1, 0.15) is 24.7 Å². The van der Waals surface area contributed by atoms with Gasteiger partial charge in [0.25, 0.3) is 0 Å². The van der Waals surface area contributed by atoms with Gasteiger partial charge in [-0.05, 0) is 59.4 Å². The average Bonchev–Trinajstić information content (AvgIpc) is 2.61. The summed E-state index contributed by atoms with van der Waals surface area (Å²) in [4.78, 5) is 0. The van der Waals surface area contributed by atoms with Gasteiger partial charge in [-0.15, -0.1) is 0 Å². The van der Waals surface area contributed by atoms with Crippen LogP contribution in [0, 0.1) is 0 Å². The maximum absolute atomic E-state index is 8.47. The molecule has 2 aromatic carbocycles. The quantitative estimate of drug-likeness (QED) is 0.332. The van der Waals surface area contributed by atoms with E-state index in [1.165, 1.54) is 11.8 Å². The first-order valence-corrected chi connectivity index (χ1v) is 8.19. The summed E-state index contributed by atoms with van der Waals surface area (Å²) >= 11 is 0. The average molecular weight is 327 g/mol. The van der Waals surface area contributed by atoms with Gasteiger partial charge in [0.05, 0.1) is 6.21 Å². The number of nitrogens with zero attached hydrogens (tertiary/aromatic N) is 1. The van der Waals surface area contributed by atoms with Gasteiger partial charge in [0.2, 0.25) is 0 Å². The summed E-state index contributed by atoms with van der Waals surface area (Å²) in [6.45, 7) is 7.64. The number of hydrogen-bond acceptors (Lipinski definition) is 4. The predicted molar refractivity (Wildman–Crippen MR) is 96.6 cm³/mol. The molecule has 4 heteroatoms. The summed E-state index contributed by atoms with van der Waals surface area (Å²) in [5, 5.41) is 11.5. The van der Waals surface area contributed by atoms with Crippen molar-refractivity contribution in [1.82, 2.24) is 0 Å². The van der Waals surface area contributed by atoms with Gasteiger partial charge in [-0.1, -0.05) is 38.1 Å². The monoisotopic (exact) mass is 327 g/mol. The Labute approximate surface area is 143 Å². The molecule has 128 valence electrons. The van der Waals surface area contributed by atoms with Crippen LogP contribution in [0.2, 0.25) is 0 Å². The standard InChI is InChI=1S/C20H25NO3/c1-4-20(2,3)17-7-11-19(12-8-17)24-14-13-23-18-9-5-16(6-10-18)15-21-22/h5-12,15,22H,4,13-14H2,1-3H3. The van der Waals surface area contributed by atoms with Crippen LogP contribution in [0.4, 0.5) is 0 Å². The fraction of sp³-hybridized carbons (Fsp3) is 0.350. The lowest BCUT2D eigenvalue weighted by molar-refractivity contribution is 0.217. The first-order chi connectivity index (χ1) is 11.5. The lowest BCUT2D eigenvalue weighted by Crippen LogP contribution is -2.15. The zero-order valence-electron chi connectivity index (χ0n) is 14.5. The molecule has 2 aromatic rings. The number of ether oxygens (including phenoxy) is 2. The van der Waals surface area contributed by atoms with Crippen molar-refractivity contribution >= 4 is 6.21 Å². The molecule has 0 aliphatic carbocycles. The highest BCUT2D eigenvalue weighted by molar-refractivity contribution is 5.79. The largest absolute Gasteiger partial charge is 0.490 e. The summed E-state index contributed by atoms with van der Waals surface area (Å²) in [5.74, 6) is 1.61. The van der Waals surface area contributed by atoms with Gasteiger partial charge in [-0.3, -0.25) is 0 Å². The number of rotatable bonds is 8. The van der Waals surface area contributed by atoms with E-state index in [0.717, 1.165) is 23.5 Å². The molecule has 0 fully saturated rings. The molecule has 0 heterocycles. The SMILES string of the molecule is CCC(C)(C)c1ccc(OCCOc2ccc(C=NO)cc2)cc1. The molecule has 0 spiro atoms. The van der Waals surface area contributed by atoms with Crippen molar-refractivity contribution in [2.45, 2.75) is 32.6 Å². The van der Waals surface area contributed by atoms with Gasteiger partial charge in [0.15, 0.2) is 0 Å².